The van der Waals surface area contributed by atoms with E-state index in [1.165, 1.54) is 14.9 Å². The number of carbonyl (C=O) groups is 1. The molecule has 0 saturated heterocycles. The molecular formula is C22H20N2O3S. The number of likely N-dealkylation sites (N-methyl/N-ethyl adjacent to an activating group) is 1. The minimum absolute atomic E-state index is 0.182. The molecule has 0 bridgehead atoms. The minimum atomic E-state index is -3.84. The molecule has 0 amide bonds. The predicted octanol–water partition coefficient (Wildman–Crippen LogP) is 3.01. The molecule has 5 nitrogen and oxygen atoms in total. The molecule has 1 atom stereocenters. The molecule has 2 aromatic carbocycles. The second-order valence-corrected chi connectivity index (χ2v) is 9.20. The van der Waals surface area contributed by atoms with E-state index < -0.39 is 23.0 Å². The Labute approximate surface area is 168 Å². The summed E-state index contributed by atoms with van der Waals surface area (Å²) in [6.07, 6.45) is 3.42. The first kappa shape index (κ1) is 14.3. The van der Waals surface area contributed by atoms with Gasteiger partial charge < -0.3 is 0 Å². The van der Waals surface area contributed by atoms with Crippen LogP contribution in [0.15, 0.2) is 59.6 Å². The van der Waals surface area contributed by atoms with E-state index >= 15 is 0 Å². The van der Waals surface area contributed by atoms with Gasteiger partial charge in [0.05, 0.1) is 17.0 Å². The summed E-state index contributed by atoms with van der Waals surface area (Å²) < 4.78 is 51.7. The summed E-state index contributed by atoms with van der Waals surface area (Å²) in [4.78, 5) is 13.7. The van der Waals surface area contributed by atoms with Crippen molar-refractivity contribution in [2.24, 2.45) is 0 Å². The Morgan fingerprint density at radius 1 is 1.14 bits per heavy atom. The summed E-state index contributed by atoms with van der Waals surface area (Å²) in [5.41, 5.74) is 3.58. The second-order valence-electron chi connectivity index (χ2n) is 7.38. The zero-order valence-electron chi connectivity index (χ0n) is 18.2. The lowest BCUT2D eigenvalue weighted by Crippen LogP contribution is -2.42. The van der Waals surface area contributed by atoms with Gasteiger partial charge in [-0.1, -0.05) is 29.8 Å². The lowest BCUT2D eigenvalue weighted by atomic mass is 9.82. The first-order valence-electron chi connectivity index (χ1n) is 10.5. The Bertz CT molecular complexity index is 1370. The van der Waals surface area contributed by atoms with E-state index in [1.807, 2.05) is 13.0 Å². The lowest BCUT2D eigenvalue weighted by molar-refractivity contribution is -0.116. The smallest absolute Gasteiger partial charge is 0.268 e. The van der Waals surface area contributed by atoms with Gasteiger partial charge in [0.1, 0.15) is 0 Å². The van der Waals surface area contributed by atoms with Gasteiger partial charge >= 0.3 is 0 Å². The number of fused-ring (bicyclic) bond motifs is 2. The molecule has 6 heteroatoms. The third-order valence-electron chi connectivity index (χ3n) is 5.55. The van der Waals surface area contributed by atoms with Crippen LogP contribution < -0.4 is 0 Å². The first-order valence-corrected chi connectivity index (χ1v) is 10.5. The summed E-state index contributed by atoms with van der Waals surface area (Å²) >= 11 is 0. The fourth-order valence-electron chi connectivity index (χ4n) is 4.20. The van der Waals surface area contributed by atoms with Crippen molar-refractivity contribution >= 4 is 32.3 Å². The highest BCUT2D eigenvalue weighted by Crippen LogP contribution is 2.41. The first-order chi connectivity index (χ1) is 14.6. The van der Waals surface area contributed by atoms with E-state index in [0.29, 0.717) is 23.1 Å². The number of benzene rings is 2. The SMILES string of the molecule is [2H]C([2H])([2H])N1CC(=O)C=C2c3cccc4c3c(cn4S(=O)(=O)c3ccc(C)cc3)C[C@H]21. The zero-order valence-corrected chi connectivity index (χ0v) is 16.0. The van der Waals surface area contributed by atoms with Gasteiger partial charge in [-0.2, -0.15) is 0 Å². The molecular weight excluding hydrogens is 372 g/mol. The number of rotatable bonds is 2. The summed E-state index contributed by atoms with van der Waals surface area (Å²) in [7, 11) is -3.84. The number of hydrogen-bond acceptors (Lipinski definition) is 4. The van der Waals surface area contributed by atoms with Crippen molar-refractivity contribution in [2.75, 3.05) is 13.5 Å². The largest absolute Gasteiger partial charge is 0.293 e. The molecule has 1 aliphatic heterocycles. The molecule has 0 spiro atoms. The van der Waals surface area contributed by atoms with Crippen LogP contribution in [0.25, 0.3) is 16.5 Å². The average Bonchev–Trinajstić information content (AvgIpc) is 3.08. The Morgan fingerprint density at radius 2 is 1.93 bits per heavy atom. The molecule has 0 fully saturated rings. The number of ketones is 1. The topological polar surface area (TPSA) is 59.4 Å². The van der Waals surface area contributed by atoms with Crippen molar-refractivity contribution in [2.45, 2.75) is 24.3 Å². The van der Waals surface area contributed by atoms with Gasteiger partial charge in [0, 0.05) is 21.7 Å². The van der Waals surface area contributed by atoms with Crippen molar-refractivity contribution in [3.63, 3.8) is 0 Å². The molecule has 0 N–H and O–H groups in total. The van der Waals surface area contributed by atoms with Crippen LogP contribution in [0, 0.1) is 6.92 Å². The maximum atomic E-state index is 13.4. The van der Waals surface area contributed by atoms with Crippen LogP contribution in [0.3, 0.4) is 0 Å². The van der Waals surface area contributed by atoms with Gasteiger partial charge in [-0.3, -0.25) is 9.69 Å². The molecule has 3 aromatic rings. The van der Waals surface area contributed by atoms with E-state index in [0.717, 1.165) is 16.5 Å². The predicted molar refractivity (Wildman–Crippen MR) is 109 cm³/mol. The minimum Gasteiger partial charge on any atom is -0.293 e. The van der Waals surface area contributed by atoms with E-state index in [-0.39, 0.29) is 17.2 Å². The van der Waals surface area contributed by atoms with Crippen molar-refractivity contribution < 1.29 is 17.3 Å². The fourth-order valence-corrected chi connectivity index (χ4v) is 5.59. The molecule has 1 aromatic heterocycles. The Kier molecular flexibility index (Phi) is 3.02. The maximum absolute atomic E-state index is 13.4. The summed E-state index contributed by atoms with van der Waals surface area (Å²) in [6, 6.07) is 11.5. The maximum Gasteiger partial charge on any atom is 0.268 e. The van der Waals surface area contributed by atoms with Crippen molar-refractivity contribution in [3.05, 3.63) is 71.4 Å². The molecule has 0 radical (unpaired) electrons. The van der Waals surface area contributed by atoms with Crippen LogP contribution in [0.4, 0.5) is 0 Å². The van der Waals surface area contributed by atoms with Crippen molar-refractivity contribution in [1.29, 1.82) is 0 Å². The van der Waals surface area contributed by atoms with E-state index in [9.17, 15) is 13.2 Å². The monoisotopic (exact) mass is 395 g/mol. The second kappa shape index (κ2) is 5.90. The quantitative estimate of drug-likeness (QED) is 0.669. The van der Waals surface area contributed by atoms with Gasteiger partial charge in [-0.05, 0) is 61.3 Å². The van der Waals surface area contributed by atoms with E-state index in [2.05, 4.69) is 0 Å². The van der Waals surface area contributed by atoms with Crippen LogP contribution in [0.2, 0.25) is 0 Å². The molecule has 0 unspecified atom stereocenters. The lowest BCUT2D eigenvalue weighted by Gasteiger charge is -2.36. The number of aryl methyl sites for hydroxylation is 1. The van der Waals surface area contributed by atoms with Gasteiger partial charge in [-0.15, -0.1) is 0 Å². The van der Waals surface area contributed by atoms with Crippen molar-refractivity contribution in [1.82, 2.24) is 8.87 Å². The highest BCUT2D eigenvalue weighted by molar-refractivity contribution is 7.90. The summed E-state index contributed by atoms with van der Waals surface area (Å²) in [5.74, 6) is -0.269. The highest BCUT2D eigenvalue weighted by Gasteiger charge is 2.34. The van der Waals surface area contributed by atoms with E-state index in [4.69, 9.17) is 4.11 Å². The molecule has 2 aliphatic rings. The molecule has 2 heterocycles. The third-order valence-corrected chi connectivity index (χ3v) is 7.24. The Hall–Kier alpha value is -2.70. The number of carbonyl (C=O) groups excluding carboxylic acids is 1. The van der Waals surface area contributed by atoms with Crippen LogP contribution in [0.1, 0.15) is 20.8 Å². The summed E-state index contributed by atoms with van der Waals surface area (Å²) in [6.45, 7) is -0.720. The van der Waals surface area contributed by atoms with Crippen LogP contribution in [0.5, 0.6) is 0 Å². The Balaban J connectivity index is 1.72. The fraction of sp³-hybridized carbons (Fsp3) is 0.227. The number of aromatic nitrogens is 1. The van der Waals surface area contributed by atoms with E-state index in [1.54, 1.807) is 42.6 Å². The van der Waals surface area contributed by atoms with Gasteiger partial charge in [0.25, 0.3) is 10.0 Å². The molecule has 28 heavy (non-hydrogen) atoms. The van der Waals surface area contributed by atoms with Crippen LogP contribution >= 0.6 is 0 Å². The number of hydrogen-bond donors (Lipinski definition) is 0. The van der Waals surface area contributed by atoms with Crippen molar-refractivity contribution in [3.8, 4) is 0 Å². The molecule has 142 valence electrons. The standard InChI is InChI=1S/C22H20N2O3S/c1-14-6-8-17(9-7-14)28(26,27)24-12-15-10-21-19(11-16(25)13-23(21)2)18-4-3-5-20(24)22(15)18/h3-9,11-12,21H,10,13H2,1-2H3/t21-/m1/s1/i2D3. The number of nitrogens with zero attached hydrogens (tertiary/aromatic N) is 2. The van der Waals surface area contributed by atoms with Gasteiger partial charge in [0.15, 0.2) is 5.78 Å². The Morgan fingerprint density at radius 3 is 2.68 bits per heavy atom. The molecule has 0 saturated carbocycles. The molecule has 1 aliphatic carbocycles. The highest BCUT2D eigenvalue weighted by atomic mass is 32.2. The average molecular weight is 395 g/mol. The zero-order chi connectivity index (χ0) is 22.1. The van der Waals surface area contributed by atoms with Crippen LogP contribution in [-0.4, -0.2) is 42.6 Å². The van der Waals surface area contributed by atoms with Gasteiger partial charge in [-0.25, -0.2) is 12.4 Å². The third kappa shape index (κ3) is 2.41. The van der Waals surface area contributed by atoms with Gasteiger partial charge in [0.2, 0.25) is 0 Å². The molecule has 5 rings (SSSR count). The van der Waals surface area contributed by atoms with Crippen LogP contribution in [-0.2, 0) is 21.2 Å². The normalized spacial score (nSPS) is 21.6. The summed E-state index contributed by atoms with van der Waals surface area (Å²) in [5, 5.41) is 0.751.